The van der Waals surface area contributed by atoms with E-state index in [-0.39, 0.29) is 30.8 Å². The van der Waals surface area contributed by atoms with Crippen molar-refractivity contribution in [2.75, 3.05) is 6.61 Å². The SMILES string of the molecule is O=C1CCC(=O)C(C(O)CO)C1. The van der Waals surface area contributed by atoms with Gasteiger partial charge >= 0.3 is 0 Å². The van der Waals surface area contributed by atoms with Crippen molar-refractivity contribution in [3.63, 3.8) is 0 Å². The van der Waals surface area contributed by atoms with Gasteiger partial charge in [0, 0.05) is 19.3 Å². The number of carbonyl (C=O) groups excluding carboxylic acids is 2. The fourth-order valence-corrected chi connectivity index (χ4v) is 1.39. The lowest BCUT2D eigenvalue weighted by Gasteiger charge is -2.22. The first-order chi connectivity index (χ1) is 5.65. The molecule has 0 bridgehead atoms. The Morgan fingerprint density at radius 2 is 2.08 bits per heavy atom. The first-order valence-corrected chi connectivity index (χ1v) is 3.98. The van der Waals surface area contributed by atoms with Crippen molar-refractivity contribution in [2.24, 2.45) is 5.92 Å². The van der Waals surface area contributed by atoms with Crippen LogP contribution in [0.4, 0.5) is 0 Å². The first kappa shape index (κ1) is 9.35. The molecule has 1 rings (SSSR count). The number of rotatable bonds is 2. The zero-order valence-electron chi connectivity index (χ0n) is 6.69. The summed E-state index contributed by atoms with van der Waals surface area (Å²) in [6, 6.07) is 0. The molecule has 4 heteroatoms. The van der Waals surface area contributed by atoms with Crippen LogP contribution < -0.4 is 0 Å². The van der Waals surface area contributed by atoms with Crippen molar-refractivity contribution in [1.82, 2.24) is 0 Å². The molecule has 1 fully saturated rings. The predicted molar refractivity (Wildman–Crippen MR) is 40.4 cm³/mol. The lowest BCUT2D eigenvalue weighted by molar-refractivity contribution is -0.137. The Labute approximate surface area is 70.2 Å². The van der Waals surface area contributed by atoms with Crippen LogP contribution in [0.5, 0.6) is 0 Å². The Morgan fingerprint density at radius 3 is 2.67 bits per heavy atom. The molecule has 0 radical (unpaired) electrons. The summed E-state index contributed by atoms with van der Waals surface area (Å²) in [4.78, 5) is 22.0. The van der Waals surface area contributed by atoms with Gasteiger partial charge in [-0.25, -0.2) is 0 Å². The van der Waals surface area contributed by atoms with Crippen molar-refractivity contribution >= 4 is 11.6 Å². The molecule has 68 valence electrons. The smallest absolute Gasteiger partial charge is 0.139 e. The molecule has 2 unspecified atom stereocenters. The fraction of sp³-hybridized carbons (Fsp3) is 0.750. The summed E-state index contributed by atoms with van der Waals surface area (Å²) < 4.78 is 0. The van der Waals surface area contributed by atoms with Crippen LogP contribution in [0.2, 0.25) is 0 Å². The average molecular weight is 172 g/mol. The van der Waals surface area contributed by atoms with Gasteiger partial charge in [0.15, 0.2) is 0 Å². The van der Waals surface area contributed by atoms with E-state index in [2.05, 4.69) is 0 Å². The summed E-state index contributed by atoms with van der Waals surface area (Å²) in [5, 5.41) is 17.7. The maximum Gasteiger partial charge on any atom is 0.139 e. The largest absolute Gasteiger partial charge is 0.394 e. The Bertz CT molecular complexity index is 199. The van der Waals surface area contributed by atoms with E-state index in [1.807, 2.05) is 0 Å². The molecule has 2 N–H and O–H groups in total. The molecule has 0 aliphatic heterocycles. The Morgan fingerprint density at radius 1 is 1.42 bits per heavy atom. The van der Waals surface area contributed by atoms with E-state index in [4.69, 9.17) is 10.2 Å². The molecule has 0 aromatic carbocycles. The lowest BCUT2D eigenvalue weighted by Crippen LogP contribution is -2.36. The van der Waals surface area contributed by atoms with Crippen molar-refractivity contribution in [3.05, 3.63) is 0 Å². The minimum atomic E-state index is -1.07. The highest BCUT2D eigenvalue weighted by Crippen LogP contribution is 2.20. The lowest BCUT2D eigenvalue weighted by atomic mass is 9.83. The third-order valence-electron chi connectivity index (χ3n) is 2.16. The van der Waals surface area contributed by atoms with Gasteiger partial charge in [-0.3, -0.25) is 9.59 Å². The fourth-order valence-electron chi connectivity index (χ4n) is 1.39. The summed E-state index contributed by atoms with van der Waals surface area (Å²) in [6.07, 6.45) is -0.490. The molecule has 0 aromatic heterocycles. The highest BCUT2D eigenvalue weighted by Gasteiger charge is 2.32. The van der Waals surface area contributed by atoms with E-state index in [1.54, 1.807) is 0 Å². The van der Waals surface area contributed by atoms with Gasteiger partial charge in [0.25, 0.3) is 0 Å². The molecule has 0 saturated heterocycles. The van der Waals surface area contributed by atoms with Crippen molar-refractivity contribution in [2.45, 2.75) is 25.4 Å². The normalized spacial score (nSPS) is 27.3. The van der Waals surface area contributed by atoms with E-state index < -0.39 is 18.6 Å². The number of hydrogen-bond donors (Lipinski definition) is 2. The van der Waals surface area contributed by atoms with Crippen LogP contribution >= 0.6 is 0 Å². The zero-order chi connectivity index (χ0) is 9.14. The maximum absolute atomic E-state index is 11.1. The second-order valence-corrected chi connectivity index (χ2v) is 3.07. The Hall–Kier alpha value is -0.740. The minimum absolute atomic E-state index is 0.00731. The first-order valence-electron chi connectivity index (χ1n) is 3.98. The second-order valence-electron chi connectivity index (χ2n) is 3.07. The van der Waals surface area contributed by atoms with Crippen LogP contribution in [0.1, 0.15) is 19.3 Å². The molecule has 1 saturated carbocycles. The van der Waals surface area contributed by atoms with Gasteiger partial charge in [0.1, 0.15) is 11.6 Å². The third-order valence-corrected chi connectivity index (χ3v) is 2.16. The molecule has 0 amide bonds. The van der Waals surface area contributed by atoms with Crippen LogP contribution in [-0.4, -0.2) is 34.5 Å². The summed E-state index contributed by atoms with van der Waals surface area (Å²) in [5.41, 5.74) is 0. The summed E-state index contributed by atoms with van der Waals surface area (Å²) in [5.74, 6) is -0.792. The zero-order valence-corrected chi connectivity index (χ0v) is 6.69. The standard InChI is InChI=1S/C8H12O4/c9-4-8(12)6-3-5(10)1-2-7(6)11/h6,8-9,12H,1-4H2. The van der Waals surface area contributed by atoms with Crippen LogP contribution in [0.25, 0.3) is 0 Å². The van der Waals surface area contributed by atoms with Gasteiger partial charge in [-0.1, -0.05) is 0 Å². The molecule has 1 aliphatic rings. The van der Waals surface area contributed by atoms with E-state index >= 15 is 0 Å². The van der Waals surface area contributed by atoms with Crippen molar-refractivity contribution in [1.29, 1.82) is 0 Å². The number of aliphatic hydroxyl groups excluding tert-OH is 2. The van der Waals surface area contributed by atoms with Gasteiger partial charge in [0.2, 0.25) is 0 Å². The molecular weight excluding hydrogens is 160 g/mol. The van der Waals surface area contributed by atoms with Crippen LogP contribution in [0.15, 0.2) is 0 Å². The summed E-state index contributed by atoms with van der Waals surface area (Å²) >= 11 is 0. The van der Waals surface area contributed by atoms with Gasteiger partial charge < -0.3 is 10.2 Å². The molecule has 12 heavy (non-hydrogen) atoms. The van der Waals surface area contributed by atoms with Crippen molar-refractivity contribution in [3.8, 4) is 0 Å². The summed E-state index contributed by atoms with van der Waals surface area (Å²) in [6.45, 7) is -0.455. The Kier molecular flexibility index (Phi) is 2.94. The molecule has 2 atom stereocenters. The minimum Gasteiger partial charge on any atom is -0.394 e. The number of carbonyl (C=O) groups is 2. The number of hydrogen-bond acceptors (Lipinski definition) is 4. The van der Waals surface area contributed by atoms with E-state index in [0.29, 0.717) is 0 Å². The topological polar surface area (TPSA) is 74.6 Å². The van der Waals surface area contributed by atoms with E-state index in [9.17, 15) is 9.59 Å². The van der Waals surface area contributed by atoms with E-state index in [0.717, 1.165) is 0 Å². The Balaban J connectivity index is 2.60. The van der Waals surface area contributed by atoms with Crippen LogP contribution in [0.3, 0.4) is 0 Å². The molecular formula is C8H12O4. The maximum atomic E-state index is 11.1. The quantitative estimate of drug-likeness (QED) is 0.576. The molecule has 1 aliphatic carbocycles. The van der Waals surface area contributed by atoms with Crippen LogP contribution in [0, 0.1) is 5.92 Å². The van der Waals surface area contributed by atoms with Gasteiger partial charge in [-0.2, -0.15) is 0 Å². The number of Topliss-reactive ketones (excluding diaryl/α,β-unsaturated/α-hetero) is 2. The van der Waals surface area contributed by atoms with Crippen molar-refractivity contribution < 1.29 is 19.8 Å². The van der Waals surface area contributed by atoms with Crippen LogP contribution in [-0.2, 0) is 9.59 Å². The van der Waals surface area contributed by atoms with Gasteiger partial charge in [-0.05, 0) is 0 Å². The van der Waals surface area contributed by atoms with Gasteiger partial charge in [0.05, 0.1) is 18.6 Å². The monoisotopic (exact) mass is 172 g/mol. The highest BCUT2D eigenvalue weighted by atomic mass is 16.3. The number of ketones is 2. The third kappa shape index (κ3) is 1.89. The average Bonchev–Trinajstić information content (AvgIpc) is 2.08. The highest BCUT2D eigenvalue weighted by molar-refractivity contribution is 5.94. The predicted octanol–water partition coefficient (Wildman–Crippen LogP) is -0.722. The molecule has 0 heterocycles. The summed E-state index contributed by atoms with van der Waals surface area (Å²) in [7, 11) is 0. The van der Waals surface area contributed by atoms with E-state index in [1.165, 1.54) is 0 Å². The molecule has 4 nitrogen and oxygen atoms in total. The number of aliphatic hydroxyl groups is 2. The van der Waals surface area contributed by atoms with Gasteiger partial charge in [-0.15, -0.1) is 0 Å². The molecule has 0 aromatic rings. The molecule has 0 spiro atoms. The second kappa shape index (κ2) is 3.78.